The molecule has 4 heteroatoms. The van der Waals surface area contributed by atoms with Crippen LogP contribution in [-0.4, -0.2) is 29.1 Å². The van der Waals surface area contributed by atoms with Gasteiger partial charge >= 0.3 is 5.97 Å². The molecule has 1 atom stereocenters. The Balaban J connectivity index is 1.98. The third kappa shape index (κ3) is 2.95. The second-order valence-electron chi connectivity index (χ2n) is 5.34. The average molecular weight is 282 g/mol. The van der Waals surface area contributed by atoms with Gasteiger partial charge in [-0.05, 0) is 37.6 Å². The molecule has 2 aromatic rings. The van der Waals surface area contributed by atoms with E-state index in [4.69, 9.17) is 4.98 Å². The molecule has 3 rings (SSSR count). The topological polar surface area (TPSA) is 62.2 Å². The fourth-order valence-electron chi connectivity index (χ4n) is 2.83. The molecule has 108 valence electrons. The molecule has 2 N–H and O–H groups in total. The summed E-state index contributed by atoms with van der Waals surface area (Å²) in [7, 11) is 0. The zero-order valence-electron chi connectivity index (χ0n) is 11.7. The number of benzene rings is 1. The number of piperidine rings is 1. The van der Waals surface area contributed by atoms with Gasteiger partial charge in [0.1, 0.15) is 0 Å². The van der Waals surface area contributed by atoms with Crippen molar-refractivity contribution in [2.45, 2.75) is 18.8 Å². The minimum absolute atomic E-state index is 0.295. The smallest absolute Gasteiger partial charge is 0.336 e. The van der Waals surface area contributed by atoms with Crippen LogP contribution in [0.15, 0.2) is 42.5 Å². The highest BCUT2D eigenvalue weighted by Crippen LogP contribution is 2.26. The van der Waals surface area contributed by atoms with E-state index in [0.29, 0.717) is 17.0 Å². The molecular weight excluding hydrogens is 264 g/mol. The molecule has 0 radical (unpaired) electrons. The lowest BCUT2D eigenvalue weighted by molar-refractivity contribution is 0.0697. The van der Waals surface area contributed by atoms with Crippen LogP contribution in [0.1, 0.15) is 34.8 Å². The molecule has 0 amide bonds. The number of hydrogen-bond acceptors (Lipinski definition) is 3. The summed E-state index contributed by atoms with van der Waals surface area (Å²) in [6.07, 6.45) is 2.28. The predicted molar refractivity (Wildman–Crippen MR) is 81.5 cm³/mol. The molecule has 0 bridgehead atoms. The first kappa shape index (κ1) is 13.8. The number of carboxylic acids is 1. The summed E-state index contributed by atoms with van der Waals surface area (Å²) in [6, 6.07) is 12.9. The van der Waals surface area contributed by atoms with Gasteiger partial charge in [0.15, 0.2) is 0 Å². The Morgan fingerprint density at radius 1 is 1.19 bits per heavy atom. The normalized spacial score (nSPS) is 18.4. The summed E-state index contributed by atoms with van der Waals surface area (Å²) in [5.41, 5.74) is 2.75. The average Bonchev–Trinajstić information content (AvgIpc) is 2.56. The number of hydrogen-bond donors (Lipinski definition) is 2. The van der Waals surface area contributed by atoms with Crippen molar-refractivity contribution in [2.75, 3.05) is 13.1 Å². The van der Waals surface area contributed by atoms with Crippen LogP contribution in [0.2, 0.25) is 0 Å². The fourth-order valence-corrected chi connectivity index (χ4v) is 2.83. The first-order valence-electron chi connectivity index (χ1n) is 7.26. The SMILES string of the molecule is O=C(O)c1ccccc1-c1cccc(C2CCCNC2)n1. The standard InChI is InChI=1S/C17H18N2O2/c20-17(21)14-7-2-1-6-13(14)16-9-3-8-15(19-16)12-5-4-10-18-11-12/h1-3,6-9,12,18H,4-5,10-11H2,(H,20,21). The quantitative estimate of drug-likeness (QED) is 0.908. The molecule has 1 aliphatic rings. The van der Waals surface area contributed by atoms with E-state index in [0.717, 1.165) is 37.3 Å². The molecule has 1 aliphatic heterocycles. The van der Waals surface area contributed by atoms with Gasteiger partial charge in [-0.3, -0.25) is 4.98 Å². The summed E-state index contributed by atoms with van der Waals surface area (Å²) in [4.78, 5) is 16.1. The molecule has 1 aromatic heterocycles. The Kier molecular flexibility index (Phi) is 3.97. The van der Waals surface area contributed by atoms with Crippen LogP contribution in [0.5, 0.6) is 0 Å². The van der Waals surface area contributed by atoms with Gasteiger partial charge in [-0.2, -0.15) is 0 Å². The second kappa shape index (κ2) is 6.06. The van der Waals surface area contributed by atoms with Crippen molar-refractivity contribution in [3.63, 3.8) is 0 Å². The van der Waals surface area contributed by atoms with Gasteiger partial charge in [0.2, 0.25) is 0 Å². The van der Waals surface area contributed by atoms with Gasteiger partial charge in [0.05, 0.1) is 11.3 Å². The summed E-state index contributed by atoms with van der Waals surface area (Å²) < 4.78 is 0. The van der Waals surface area contributed by atoms with Gasteiger partial charge in [-0.25, -0.2) is 4.79 Å². The monoisotopic (exact) mass is 282 g/mol. The molecule has 1 fully saturated rings. The van der Waals surface area contributed by atoms with Crippen molar-refractivity contribution in [3.05, 3.63) is 53.7 Å². The van der Waals surface area contributed by atoms with Crippen LogP contribution in [0.25, 0.3) is 11.3 Å². The lowest BCUT2D eigenvalue weighted by Crippen LogP contribution is -2.28. The van der Waals surface area contributed by atoms with E-state index >= 15 is 0 Å². The zero-order valence-corrected chi connectivity index (χ0v) is 11.7. The van der Waals surface area contributed by atoms with Crippen LogP contribution < -0.4 is 5.32 Å². The molecule has 21 heavy (non-hydrogen) atoms. The predicted octanol–water partition coefficient (Wildman–Crippen LogP) is 2.91. The number of aromatic carboxylic acids is 1. The van der Waals surface area contributed by atoms with Crippen molar-refractivity contribution in [1.82, 2.24) is 10.3 Å². The number of pyridine rings is 1. The first-order valence-corrected chi connectivity index (χ1v) is 7.26. The largest absolute Gasteiger partial charge is 0.478 e. The van der Waals surface area contributed by atoms with Gasteiger partial charge in [0, 0.05) is 23.7 Å². The first-order chi connectivity index (χ1) is 10.3. The van der Waals surface area contributed by atoms with E-state index < -0.39 is 5.97 Å². The van der Waals surface area contributed by atoms with E-state index in [1.54, 1.807) is 12.1 Å². The Morgan fingerprint density at radius 2 is 2.05 bits per heavy atom. The fraction of sp³-hybridized carbons (Fsp3) is 0.294. The summed E-state index contributed by atoms with van der Waals surface area (Å²) >= 11 is 0. The third-order valence-electron chi connectivity index (χ3n) is 3.92. The van der Waals surface area contributed by atoms with Crippen LogP contribution in [0.3, 0.4) is 0 Å². The van der Waals surface area contributed by atoms with Crippen LogP contribution in [-0.2, 0) is 0 Å². The molecule has 1 aromatic carbocycles. The number of rotatable bonds is 3. The Hall–Kier alpha value is -2.20. The van der Waals surface area contributed by atoms with Crippen molar-refractivity contribution in [2.24, 2.45) is 0 Å². The van der Waals surface area contributed by atoms with Crippen molar-refractivity contribution >= 4 is 5.97 Å². The molecular formula is C17H18N2O2. The minimum Gasteiger partial charge on any atom is -0.478 e. The molecule has 0 saturated carbocycles. The van der Waals surface area contributed by atoms with E-state index in [1.165, 1.54) is 0 Å². The summed E-state index contributed by atoms with van der Waals surface area (Å²) in [5.74, 6) is -0.507. The van der Waals surface area contributed by atoms with Gasteiger partial charge in [0.25, 0.3) is 0 Å². The van der Waals surface area contributed by atoms with Gasteiger partial charge in [-0.1, -0.05) is 24.3 Å². The molecule has 0 spiro atoms. The number of nitrogens with zero attached hydrogens (tertiary/aromatic N) is 1. The third-order valence-corrected chi connectivity index (χ3v) is 3.92. The van der Waals surface area contributed by atoms with Crippen LogP contribution in [0, 0.1) is 0 Å². The molecule has 1 unspecified atom stereocenters. The lowest BCUT2D eigenvalue weighted by atomic mass is 9.95. The maximum atomic E-state index is 11.3. The molecule has 4 nitrogen and oxygen atoms in total. The lowest BCUT2D eigenvalue weighted by Gasteiger charge is -2.22. The Bertz CT molecular complexity index is 649. The van der Waals surface area contributed by atoms with E-state index in [9.17, 15) is 9.90 Å². The number of carboxylic acid groups (broad SMARTS) is 1. The summed E-state index contributed by atoms with van der Waals surface area (Å²) in [5, 5.41) is 12.7. The Morgan fingerprint density at radius 3 is 2.81 bits per heavy atom. The minimum atomic E-state index is -0.919. The highest BCUT2D eigenvalue weighted by Gasteiger charge is 2.18. The maximum absolute atomic E-state index is 11.3. The van der Waals surface area contributed by atoms with Gasteiger partial charge < -0.3 is 10.4 Å². The maximum Gasteiger partial charge on any atom is 0.336 e. The Labute approximate surface area is 123 Å². The van der Waals surface area contributed by atoms with E-state index in [2.05, 4.69) is 5.32 Å². The highest BCUT2D eigenvalue weighted by atomic mass is 16.4. The highest BCUT2D eigenvalue weighted by molar-refractivity contribution is 5.95. The van der Waals surface area contributed by atoms with E-state index in [-0.39, 0.29) is 0 Å². The van der Waals surface area contributed by atoms with Crippen molar-refractivity contribution in [3.8, 4) is 11.3 Å². The summed E-state index contributed by atoms with van der Waals surface area (Å²) in [6.45, 7) is 2.01. The van der Waals surface area contributed by atoms with Crippen molar-refractivity contribution in [1.29, 1.82) is 0 Å². The number of carbonyl (C=O) groups is 1. The molecule has 2 heterocycles. The van der Waals surface area contributed by atoms with Crippen molar-refractivity contribution < 1.29 is 9.90 Å². The van der Waals surface area contributed by atoms with Crippen LogP contribution >= 0.6 is 0 Å². The van der Waals surface area contributed by atoms with Crippen LogP contribution in [0.4, 0.5) is 0 Å². The second-order valence-corrected chi connectivity index (χ2v) is 5.34. The number of nitrogens with one attached hydrogen (secondary N) is 1. The number of aromatic nitrogens is 1. The molecule has 0 aliphatic carbocycles. The van der Waals surface area contributed by atoms with Gasteiger partial charge in [-0.15, -0.1) is 0 Å². The zero-order chi connectivity index (χ0) is 14.7. The molecule has 1 saturated heterocycles. The van der Waals surface area contributed by atoms with E-state index in [1.807, 2.05) is 30.3 Å².